The smallest absolute Gasteiger partial charge is 0.164 e. The molecule has 0 spiro atoms. The third-order valence-electron chi connectivity index (χ3n) is 5.64. The standard InChI is InChI=1S/C28H19N3O/c1-18-29-27(21-16-14-20(15-17-21)19-8-3-2-4-9-19)31-28(30-18)23-11-7-13-25-26(23)22-10-5-6-12-24(22)32-25/h2-17H,1H3. The molecule has 6 aromatic rings. The molecule has 0 bridgehead atoms. The molecule has 4 aromatic carbocycles. The van der Waals surface area contributed by atoms with Crippen LogP contribution in [-0.4, -0.2) is 15.0 Å². The minimum atomic E-state index is 0.650. The quantitative estimate of drug-likeness (QED) is 0.311. The van der Waals surface area contributed by atoms with Gasteiger partial charge in [0.2, 0.25) is 0 Å². The predicted molar refractivity (Wildman–Crippen MR) is 128 cm³/mol. The fraction of sp³-hybridized carbons (Fsp3) is 0.0357. The summed E-state index contributed by atoms with van der Waals surface area (Å²) in [4.78, 5) is 14.1. The molecule has 0 N–H and O–H groups in total. The number of aromatic nitrogens is 3. The van der Waals surface area contributed by atoms with E-state index >= 15 is 0 Å². The second kappa shape index (κ2) is 7.43. The zero-order valence-electron chi connectivity index (χ0n) is 17.5. The fourth-order valence-electron chi connectivity index (χ4n) is 4.13. The maximum absolute atomic E-state index is 6.04. The van der Waals surface area contributed by atoms with Gasteiger partial charge in [-0.15, -0.1) is 0 Å². The van der Waals surface area contributed by atoms with Gasteiger partial charge in [0, 0.05) is 21.9 Å². The second-order valence-electron chi connectivity index (χ2n) is 7.75. The zero-order valence-corrected chi connectivity index (χ0v) is 17.5. The van der Waals surface area contributed by atoms with Gasteiger partial charge in [0.05, 0.1) is 0 Å². The Morgan fingerprint density at radius 3 is 2.03 bits per heavy atom. The summed E-state index contributed by atoms with van der Waals surface area (Å²) in [6.07, 6.45) is 0. The highest BCUT2D eigenvalue weighted by molar-refractivity contribution is 6.11. The summed E-state index contributed by atoms with van der Waals surface area (Å²) < 4.78 is 6.04. The molecule has 4 nitrogen and oxygen atoms in total. The van der Waals surface area contributed by atoms with Crippen LogP contribution >= 0.6 is 0 Å². The van der Waals surface area contributed by atoms with Crippen LogP contribution in [-0.2, 0) is 0 Å². The van der Waals surface area contributed by atoms with E-state index in [-0.39, 0.29) is 0 Å². The van der Waals surface area contributed by atoms with Gasteiger partial charge in [-0.1, -0.05) is 84.9 Å². The Balaban J connectivity index is 1.48. The van der Waals surface area contributed by atoms with E-state index in [2.05, 4.69) is 52.4 Å². The molecule has 152 valence electrons. The first-order valence-corrected chi connectivity index (χ1v) is 10.6. The zero-order chi connectivity index (χ0) is 21.5. The summed E-state index contributed by atoms with van der Waals surface area (Å²) in [5.74, 6) is 2.00. The molecule has 0 amide bonds. The number of furan rings is 1. The third kappa shape index (κ3) is 3.13. The van der Waals surface area contributed by atoms with Gasteiger partial charge in [-0.3, -0.25) is 0 Å². The molecule has 0 aliphatic carbocycles. The molecule has 0 atom stereocenters. The van der Waals surface area contributed by atoms with Crippen molar-refractivity contribution in [2.75, 3.05) is 0 Å². The number of nitrogens with zero attached hydrogens (tertiary/aromatic N) is 3. The van der Waals surface area contributed by atoms with Gasteiger partial charge < -0.3 is 4.42 Å². The van der Waals surface area contributed by atoms with E-state index in [1.165, 1.54) is 5.56 Å². The number of benzene rings is 4. The summed E-state index contributed by atoms with van der Waals surface area (Å²) in [5, 5.41) is 2.09. The Morgan fingerprint density at radius 2 is 1.19 bits per heavy atom. The first-order chi connectivity index (χ1) is 15.8. The monoisotopic (exact) mass is 413 g/mol. The molecule has 0 aliphatic heterocycles. The molecule has 0 saturated carbocycles. The molecule has 0 unspecified atom stereocenters. The first kappa shape index (κ1) is 18.5. The van der Waals surface area contributed by atoms with Crippen LogP contribution in [0.15, 0.2) is 101 Å². The highest BCUT2D eigenvalue weighted by Crippen LogP contribution is 2.35. The van der Waals surface area contributed by atoms with Crippen LogP contribution < -0.4 is 0 Å². The van der Waals surface area contributed by atoms with Crippen LogP contribution in [0.3, 0.4) is 0 Å². The Hall–Kier alpha value is -4.31. The number of hydrogen-bond donors (Lipinski definition) is 0. The number of fused-ring (bicyclic) bond motifs is 3. The third-order valence-corrected chi connectivity index (χ3v) is 5.64. The lowest BCUT2D eigenvalue weighted by Gasteiger charge is -2.08. The van der Waals surface area contributed by atoms with Gasteiger partial charge >= 0.3 is 0 Å². The molecule has 32 heavy (non-hydrogen) atoms. The molecule has 4 heteroatoms. The highest BCUT2D eigenvalue weighted by Gasteiger charge is 2.15. The molecule has 6 rings (SSSR count). The van der Waals surface area contributed by atoms with E-state index in [0.717, 1.165) is 38.6 Å². The Kier molecular flexibility index (Phi) is 4.29. The van der Waals surface area contributed by atoms with Crippen molar-refractivity contribution < 1.29 is 4.42 Å². The molecule has 2 aromatic heterocycles. The van der Waals surface area contributed by atoms with E-state index in [1.807, 2.05) is 61.5 Å². The van der Waals surface area contributed by atoms with Crippen LogP contribution in [0.5, 0.6) is 0 Å². The predicted octanol–water partition coefficient (Wildman–Crippen LogP) is 7.08. The van der Waals surface area contributed by atoms with Crippen molar-refractivity contribution in [3.63, 3.8) is 0 Å². The van der Waals surface area contributed by atoms with Gasteiger partial charge in [0.25, 0.3) is 0 Å². The highest BCUT2D eigenvalue weighted by atomic mass is 16.3. The van der Waals surface area contributed by atoms with E-state index < -0.39 is 0 Å². The molecule has 0 aliphatic rings. The fourth-order valence-corrected chi connectivity index (χ4v) is 4.13. The molecule has 2 heterocycles. The van der Waals surface area contributed by atoms with Crippen molar-refractivity contribution in [1.29, 1.82) is 0 Å². The Morgan fingerprint density at radius 1 is 0.531 bits per heavy atom. The Bertz CT molecular complexity index is 1570. The van der Waals surface area contributed by atoms with Gasteiger partial charge in [-0.25, -0.2) is 15.0 Å². The van der Waals surface area contributed by atoms with Crippen molar-refractivity contribution in [3.8, 4) is 33.9 Å². The molecular weight excluding hydrogens is 394 g/mol. The second-order valence-corrected chi connectivity index (χ2v) is 7.75. The molecule has 0 fully saturated rings. The first-order valence-electron chi connectivity index (χ1n) is 10.6. The minimum absolute atomic E-state index is 0.650. The summed E-state index contributed by atoms with van der Waals surface area (Å²) in [7, 11) is 0. The van der Waals surface area contributed by atoms with E-state index in [9.17, 15) is 0 Å². The van der Waals surface area contributed by atoms with Crippen LogP contribution in [0, 0.1) is 6.92 Å². The van der Waals surface area contributed by atoms with Crippen molar-refractivity contribution in [3.05, 3.63) is 103 Å². The van der Waals surface area contributed by atoms with Crippen LogP contribution in [0.25, 0.3) is 55.8 Å². The van der Waals surface area contributed by atoms with Gasteiger partial charge in [0.1, 0.15) is 17.0 Å². The lowest BCUT2D eigenvalue weighted by molar-refractivity contribution is 0.669. The summed E-state index contributed by atoms with van der Waals surface area (Å²) in [6, 6.07) is 32.7. The lowest BCUT2D eigenvalue weighted by atomic mass is 10.0. The SMILES string of the molecule is Cc1nc(-c2ccc(-c3ccccc3)cc2)nc(-c2cccc3oc4ccccc4c23)n1. The minimum Gasteiger partial charge on any atom is -0.456 e. The summed E-state index contributed by atoms with van der Waals surface area (Å²) in [6.45, 7) is 1.90. The largest absolute Gasteiger partial charge is 0.456 e. The van der Waals surface area contributed by atoms with Crippen molar-refractivity contribution in [1.82, 2.24) is 15.0 Å². The lowest BCUT2D eigenvalue weighted by Crippen LogP contribution is -1.99. The van der Waals surface area contributed by atoms with Crippen LogP contribution in [0.1, 0.15) is 5.82 Å². The average molecular weight is 413 g/mol. The van der Waals surface area contributed by atoms with Crippen molar-refractivity contribution in [2.24, 2.45) is 0 Å². The Labute approximate surface area is 185 Å². The number of para-hydroxylation sites is 1. The van der Waals surface area contributed by atoms with Gasteiger partial charge in [0.15, 0.2) is 11.6 Å². The van der Waals surface area contributed by atoms with E-state index in [1.54, 1.807) is 0 Å². The van der Waals surface area contributed by atoms with E-state index in [4.69, 9.17) is 9.40 Å². The maximum Gasteiger partial charge on any atom is 0.164 e. The normalized spacial score (nSPS) is 11.3. The average Bonchev–Trinajstić information content (AvgIpc) is 3.23. The molecule has 0 saturated heterocycles. The van der Waals surface area contributed by atoms with Crippen molar-refractivity contribution >= 4 is 21.9 Å². The van der Waals surface area contributed by atoms with Crippen molar-refractivity contribution in [2.45, 2.75) is 6.92 Å². The number of hydrogen-bond acceptors (Lipinski definition) is 4. The number of rotatable bonds is 3. The van der Waals surface area contributed by atoms with Crippen LogP contribution in [0.4, 0.5) is 0 Å². The summed E-state index contributed by atoms with van der Waals surface area (Å²) >= 11 is 0. The molecular formula is C28H19N3O. The van der Waals surface area contributed by atoms with E-state index in [0.29, 0.717) is 17.5 Å². The summed E-state index contributed by atoms with van der Waals surface area (Å²) in [5.41, 5.74) is 5.94. The topological polar surface area (TPSA) is 51.8 Å². The maximum atomic E-state index is 6.04. The van der Waals surface area contributed by atoms with Gasteiger partial charge in [-0.05, 0) is 30.2 Å². The number of aryl methyl sites for hydroxylation is 1. The van der Waals surface area contributed by atoms with Gasteiger partial charge in [-0.2, -0.15) is 0 Å². The van der Waals surface area contributed by atoms with Crippen LogP contribution in [0.2, 0.25) is 0 Å². The molecule has 0 radical (unpaired) electrons.